The summed E-state index contributed by atoms with van der Waals surface area (Å²) in [4.78, 5) is 37.6. The Labute approximate surface area is 531 Å². The van der Waals surface area contributed by atoms with Gasteiger partial charge in [-0.15, -0.1) is 0 Å². The van der Waals surface area contributed by atoms with Gasteiger partial charge in [-0.2, -0.15) is 55.3 Å². The zero-order chi connectivity index (χ0) is 65.8. The molecule has 6 aliphatic rings. The number of nitrogens with one attached hydrogen (secondary N) is 6. The van der Waals surface area contributed by atoms with Gasteiger partial charge in [0, 0.05) is 159 Å². The molecule has 92 heavy (non-hydrogen) atoms. The van der Waals surface area contributed by atoms with Gasteiger partial charge in [0.1, 0.15) is 0 Å². The fourth-order valence-corrected chi connectivity index (χ4v) is 14.9. The van der Waals surface area contributed by atoms with Crippen molar-refractivity contribution in [3.63, 3.8) is 0 Å². The van der Waals surface area contributed by atoms with Crippen molar-refractivity contribution in [3.05, 3.63) is 89.5 Å². The average molecular weight is 1340 g/mol. The molecule has 8 aromatic rings. The summed E-state index contributed by atoms with van der Waals surface area (Å²) in [7, 11) is -4.75. The largest absolute Gasteiger partial charge is 0.416 e. The van der Waals surface area contributed by atoms with E-state index in [-0.39, 0.29) is 48.6 Å². The van der Waals surface area contributed by atoms with E-state index in [9.17, 15) is 52.8 Å². The number of piperidine rings is 2. The first kappa shape index (κ1) is 65.5. The molecule has 0 saturated carbocycles. The number of fused-ring (bicyclic) bond motifs is 5. The molecule has 4 aromatic carbocycles. The molecule has 1 spiro atoms. The highest BCUT2D eigenvalue weighted by Gasteiger charge is 2.42. The van der Waals surface area contributed by atoms with E-state index in [1.807, 2.05) is 42.3 Å². The maximum Gasteiger partial charge on any atom is 0.416 e. The average Bonchev–Trinajstić information content (AvgIpc) is 1.38. The lowest BCUT2D eigenvalue weighted by Crippen LogP contribution is -2.53. The minimum atomic E-state index is -4.47. The van der Waals surface area contributed by atoms with E-state index in [0.29, 0.717) is 85.4 Å². The van der Waals surface area contributed by atoms with Gasteiger partial charge in [-0.05, 0) is 88.1 Å². The first-order valence-corrected chi connectivity index (χ1v) is 34.0. The van der Waals surface area contributed by atoms with Crippen LogP contribution in [-0.2, 0) is 42.0 Å². The van der Waals surface area contributed by atoms with Gasteiger partial charge in [0.15, 0.2) is 0 Å². The molecule has 5 saturated heterocycles. The summed E-state index contributed by atoms with van der Waals surface area (Å²) < 4.78 is 128. The zero-order valence-corrected chi connectivity index (χ0v) is 53.6. The Kier molecular flexibility index (Phi) is 18.2. The maximum absolute atomic E-state index is 13.2. The number of aromatic nitrogens is 8. The topological polar surface area (TPSA) is 276 Å². The number of alkyl halides is 6. The van der Waals surface area contributed by atoms with Crippen molar-refractivity contribution in [3.8, 4) is 0 Å². The van der Waals surface area contributed by atoms with Crippen molar-refractivity contribution in [2.24, 2.45) is 4.99 Å². The van der Waals surface area contributed by atoms with Crippen molar-refractivity contribution in [1.29, 1.82) is 0 Å². The Balaban J connectivity index is 0.000000126. The van der Waals surface area contributed by atoms with E-state index in [4.69, 9.17) is 11.6 Å². The van der Waals surface area contributed by atoms with E-state index in [1.54, 1.807) is 36.2 Å². The summed E-state index contributed by atoms with van der Waals surface area (Å²) in [5, 5.41) is 37.7. The number of hydrogen-bond acceptors (Lipinski definition) is 16. The van der Waals surface area contributed by atoms with Gasteiger partial charge in [-0.1, -0.05) is 11.6 Å². The van der Waals surface area contributed by atoms with Gasteiger partial charge >= 0.3 is 12.4 Å². The Hall–Kier alpha value is -7.94. The molecule has 24 nitrogen and oxygen atoms in total. The Bertz CT molecular complexity index is 4310. The minimum absolute atomic E-state index is 0.0294. The number of carbonyl (C=O) groups is 2. The summed E-state index contributed by atoms with van der Waals surface area (Å²) in [6.45, 7) is 11.3. The normalized spacial score (nSPS) is 20.7. The predicted octanol–water partition coefficient (Wildman–Crippen LogP) is 7.69. The van der Waals surface area contributed by atoms with E-state index in [2.05, 4.69) is 66.2 Å². The van der Waals surface area contributed by atoms with Crippen molar-refractivity contribution < 1.29 is 52.8 Å². The highest BCUT2D eigenvalue weighted by Crippen LogP contribution is 2.41. The summed E-state index contributed by atoms with van der Waals surface area (Å²) in [6, 6.07) is 12.3. The molecule has 0 bridgehead atoms. The van der Waals surface area contributed by atoms with Gasteiger partial charge < -0.3 is 35.1 Å². The van der Waals surface area contributed by atoms with E-state index < -0.39 is 43.5 Å². The summed E-state index contributed by atoms with van der Waals surface area (Å²) in [5.74, 6) is 1.05. The number of carbonyl (C=O) groups excluding carboxylic acids is 2. The van der Waals surface area contributed by atoms with Gasteiger partial charge in [-0.3, -0.25) is 35.0 Å². The predicted molar refractivity (Wildman–Crippen MR) is 343 cm³/mol. The maximum atomic E-state index is 13.2. The lowest BCUT2D eigenvalue weighted by molar-refractivity contribution is -0.138. The molecule has 0 radical (unpaired) electrons. The van der Waals surface area contributed by atoms with Crippen LogP contribution in [0.25, 0.3) is 43.6 Å². The lowest BCUT2D eigenvalue weighted by Gasteiger charge is -2.40. The second-order valence-electron chi connectivity index (χ2n) is 24.2. The molecule has 0 aliphatic carbocycles. The molecular formula is C59H71ClF6N18O6S2. The molecule has 14 rings (SSSR count). The minimum Gasteiger partial charge on any atom is -0.371 e. The van der Waals surface area contributed by atoms with E-state index in [0.717, 1.165) is 113 Å². The molecule has 5 fully saturated rings. The van der Waals surface area contributed by atoms with Gasteiger partial charge in [0.25, 0.3) is 0 Å². The highest BCUT2D eigenvalue weighted by molar-refractivity contribution is 7.88. The summed E-state index contributed by atoms with van der Waals surface area (Å²) in [6.07, 6.45) is 4.64. The second kappa shape index (κ2) is 25.5. The van der Waals surface area contributed by atoms with Crippen LogP contribution in [0.3, 0.4) is 0 Å². The monoisotopic (exact) mass is 1340 g/mol. The highest BCUT2D eigenvalue weighted by atomic mass is 35.5. The van der Waals surface area contributed by atoms with Crippen molar-refractivity contribution in [2.75, 3.05) is 116 Å². The Morgan fingerprint density at radius 1 is 0.620 bits per heavy atom. The number of amidine groups is 1. The van der Waals surface area contributed by atoms with Crippen LogP contribution in [0.2, 0.25) is 5.02 Å². The van der Waals surface area contributed by atoms with Gasteiger partial charge in [0.05, 0.1) is 88.4 Å². The molecule has 4 aromatic heterocycles. The number of hydrogen-bond donors (Lipinski definition) is 6. The van der Waals surface area contributed by atoms with E-state index >= 15 is 0 Å². The molecule has 6 aliphatic heterocycles. The number of aliphatic imine (C=N–C) groups is 1. The quantitative estimate of drug-likeness (QED) is 0.0835. The van der Waals surface area contributed by atoms with Crippen molar-refractivity contribution in [2.45, 2.75) is 88.9 Å². The van der Waals surface area contributed by atoms with Crippen LogP contribution in [0, 0.1) is 0 Å². The summed E-state index contributed by atoms with van der Waals surface area (Å²) in [5.41, 5.74) is 4.99. The fraction of sp³-hybridized carbons (Fsp3) is 0.475. The van der Waals surface area contributed by atoms with Crippen molar-refractivity contribution in [1.82, 2.24) is 60.0 Å². The number of benzene rings is 4. The molecule has 2 amide bonds. The smallest absolute Gasteiger partial charge is 0.371 e. The number of nitrogens with zero attached hydrogens (tertiary/aromatic N) is 12. The standard InChI is InChI=1S/C15H17ClN4O.C15H16F3N5.C15H21N5O3S.C14H17F3N4O2S/c16-10-7-12-11(9-17-19-12)13(8-10)20-5-3-15(4-6-20)2-1-14(21)18-15;1-8-20-11-2-3-23(7-13(11)21-8)14-5-9(15(16,17)18)4-12-10(14)6-19-22-12;1-11(21)18(2)12-8-14-13(10-16-17-14)15(9-12)19-4-6-20(7-5-19)24(3,22)23;1-9-8-20(24(2,22)23)3-4-21(9)13-6-10(14(15,16)17)5-12-11(13)7-18-19-12/h7-9H,1-6H2,(H,17,19)(H,18,21);4-6,11,13H,2-3,7H2,1H3,(H,19,22)(H,20,21);8-10H,4-7H2,1-3H3,(H,16,17);5-7,9H,3-4,8H2,1-2H3,(H,18,19)/t;;;9-/m...0/s1. The van der Waals surface area contributed by atoms with Crippen LogP contribution in [-0.4, -0.2) is 199 Å². The van der Waals surface area contributed by atoms with Crippen molar-refractivity contribution >= 4 is 121 Å². The van der Waals surface area contributed by atoms with Crippen LogP contribution < -0.4 is 35.1 Å². The van der Waals surface area contributed by atoms with Crippen LogP contribution in [0.1, 0.15) is 64.0 Å². The first-order chi connectivity index (χ1) is 43.4. The number of anilines is 5. The Morgan fingerprint density at radius 3 is 1.62 bits per heavy atom. The van der Waals surface area contributed by atoms with Crippen LogP contribution in [0.4, 0.5) is 54.8 Å². The number of sulfonamides is 2. The molecule has 6 N–H and O–H groups in total. The third kappa shape index (κ3) is 14.2. The van der Waals surface area contributed by atoms with Gasteiger partial charge in [0.2, 0.25) is 31.9 Å². The van der Waals surface area contributed by atoms with E-state index in [1.165, 1.54) is 34.1 Å². The first-order valence-electron chi connectivity index (χ1n) is 29.9. The van der Waals surface area contributed by atoms with Crippen LogP contribution >= 0.6 is 11.6 Å². The van der Waals surface area contributed by atoms with Gasteiger partial charge in [-0.25, -0.2) is 16.8 Å². The summed E-state index contributed by atoms with van der Waals surface area (Å²) >= 11 is 6.21. The number of halogens is 7. The molecule has 494 valence electrons. The number of piperazine rings is 2. The van der Waals surface area contributed by atoms with Crippen LogP contribution in [0.15, 0.2) is 78.3 Å². The molecular weight excluding hydrogens is 1270 g/mol. The fourth-order valence-electron chi connectivity index (χ4n) is 13.0. The molecule has 3 atom stereocenters. The molecule has 2 unspecified atom stereocenters. The third-order valence-electron chi connectivity index (χ3n) is 18.0. The van der Waals surface area contributed by atoms with Crippen LogP contribution in [0.5, 0.6) is 0 Å². The Morgan fingerprint density at radius 2 is 1.11 bits per heavy atom. The molecule has 33 heteroatoms. The third-order valence-corrected chi connectivity index (χ3v) is 20.8. The molecule has 10 heterocycles. The lowest BCUT2D eigenvalue weighted by atomic mass is 9.86. The zero-order valence-electron chi connectivity index (χ0n) is 51.3. The second-order valence-corrected chi connectivity index (χ2v) is 28.6. The number of rotatable bonds is 7. The SMILES string of the molecule is CC(=O)N(C)c1cc(N2CCN(S(C)(=O)=O)CC2)c2cn[nH]c2c1.CC1=NC2CCN(c3cc(C(F)(F)F)cc4[nH]ncc34)CC2N1.C[C@H]1CN(S(C)(=O)=O)CCN1c1cc(C(F)(F)F)cc2[nH]ncc12.O=C1CCC2(CCN(c3cc(Cl)cc4[nH]ncc34)CC2)N1. The number of H-pyrrole nitrogens is 4. The number of aromatic amines is 4. The number of amides is 2.